The van der Waals surface area contributed by atoms with Gasteiger partial charge < -0.3 is 15.5 Å². The Hall–Kier alpha value is -1.13. The summed E-state index contributed by atoms with van der Waals surface area (Å²) in [6.45, 7) is 6.41. The molecule has 3 atom stereocenters. The Morgan fingerprint density at radius 3 is 2.72 bits per heavy atom. The third kappa shape index (κ3) is 2.49. The van der Waals surface area contributed by atoms with Crippen LogP contribution in [0.2, 0.25) is 0 Å². The van der Waals surface area contributed by atoms with Gasteiger partial charge in [-0.2, -0.15) is 0 Å². The van der Waals surface area contributed by atoms with Gasteiger partial charge in [0.1, 0.15) is 5.82 Å². The van der Waals surface area contributed by atoms with Crippen LogP contribution < -0.4 is 10.6 Å². The molecule has 2 rings (SSSR count). The second-order valence-corrected chi connectivity index (χ2v) is 5.62. The van der Waals surface area contributed by atoms with E-state index in [1.54, 1.807) is 0 Å². The number of aromatic nitrogens is 1. The summed E-state index contributed by atoms with van der Waals surface area (Å²) in [6.07, 6.45) is 1.86. The molecule has 0 radical (unpaired) electrons. The number of nitrogens with zero attached hydrogens (tertiary/aromatic N) is 3. The van der Waals surface area contributed by atoms with Crippen LogP contribution in [0.25, 0.3) is 0 Å². The minimum atomic E-state index is 0.0300. The summed E-state index contributed by atoms with van der Waals surface area (Å²) in [7, 11) is 4.30. The largest absolute Gasteiger partial charge is 0.354 e. The number of anilines is 1. The van der Waals surface area contributed by atoms with Gasteiger partial charge in [0.25, 0.3) is 0 Å². The zero-order chi connectivity index (χ0) is 13.3. The van der Waals surface area contributed by atoms with E-state index in [2.05, 4.69) is 41.9 Å². The maximum Gasteiger partial charge on any atom is 0.133 e. The molecule has 0 saturated carbocycles. The maximum atomic E-state index is 6.03. The van der Waals surface area contributed by atoms with Crippen molar-refractivity contribution in [1.82, 2.24) is 9.88 Å². The van der Waals surface area contributed by atoms with Crippen LogP contribution in [0.4, 0.5) is 5.82 Å². The molecule has 0 aromatic carbocycles. The van der Waals surface area contributed by atoms with Gasteiger partial charge in [-0.15, -0.1) is 0 Å². The smallest absolute Gasteiger partial charge is 0.133 e. The Kier molecular flexibility index (Phi) is 3.88. The Morgan fingerprint density at radius 1 is 1.44 bits per heavy atom. The third-order valence-electron chi connectivity index (χ3n) is 3.84. The van der Waals surface area contributed by atoms with E-state index in [4.69, 9.17) is 5.73 Å². The van der Waals surface area contributed by atoms with E-state index in [0.29, 0.717) is 12.0 Å². The van der Waals surface area contributed by atoms with Crippen molar-refractivity contribution < 1.29 is 0 Å². The molecular weight excluding hydrogens is 224 g/mol. The fraction of sp³-hybridized carbons (Fsp3) is 0.643. The van der Waals surface area contributed by atoms with E-state index in [0.717, 1.165) is 24.5 Å². The highest BCUT2D eigenvalue weighted by Crippen LogP contribution is 2.29. The summed E-state index contributed by atoms with van der Waals surface area (Å²) in [4.78, 5) is 9.21. The van der Waals surface area contributed by atoms with Gasteiger partial charge in [0.05, 0.1) is 0 Å². The lowest BCUT2D eigenvalue weighted by Crippen LogP contribution is -2.34. The van der Waals surface area contributed by atoms with Crippen LogP contribution in [0.3, 0.4) is 0 Å². The monoisotopic (exact) mass is 248 g/mol. The summed E-state index contributed by atoms with van der Waals surface area (Å²) in [5, 5.41) is 0. The van der Waals surface area contributed by atoms with Crippen LogP contribution in [0.15, 0.2) is 18.3 Å². The molecule has 2 N–H and O–H groups in total. The topological polar surface area (TPSA) is 45.4 Å². The highest BCUT2D eigenvalue weighted by molar-refractivity contribution is 5.49. The predicted octanol–water partition coefficient (Wildman–Crippen LogP) is 1.49. The molecule has 18 heavy (non-hydrogen) atoms. The van der Waals surface area contributed by atoms with Crippen molar-refractivity contribution in [1.29, 1.82) is 0 Å². The Morgan fingerprint density at radius 2 is 2.17 bits per heavy atom. The number of rotatable bonds is 3. The minimum absolute atomic E-state index is 0.0300. The van der Waals surface area contributed by atoms with Crippen LogP contribution in [-0.2, 0) is 0 Å². The number of hydrogen-bond donors (Lipinski definition) is 1. The summed E-state index contributed by atoms with van der Waals surface area (Å²) >= 11 is 0. The highest BCUT2D eigenvalue weighted by atomic mass is 15.3. The number of hydrogen-bond acceptors (Lipinski definition) is 4. The molecule has 1 fully saturated rings. The van der Waals surface area contributed by atoms with E-state index in [9.17, 15) is 0 Å². The van der Waals surface area contributed by atoms with Crippen LogP contribution in [0, 0.1) is 5.92 Å². The lowest BCUT2D eigenvalue weighted by molar-refractivity contribution is 0.266. The molecule has 0 aliphatic carbocycles. The Bertz CT molecular complexity index is 403. The van der Waals surface area contributed by atoms with Crippen molar-refractivity contribution in [3.05, 3.63) is 23.9 Å². The minimum Gasteiger partial charge on any atom is -0.354 e. The van der Waals surface area contributed by atoms with Crippen molar-refractivity contribution in [2.24, 2.45) is 11.7 Å². The van der Waals surface area contributed by atoms with Crippen LogP contribution in [0.1, 0.15) is 25.5 Å². The molecule has 1 aliphatic heterocycles. The average molecular weight is 248 g/mol. The van der Waals surface area contributed by atoms with Gasteiger partial charge >= 0.3 is 0 Å². The standard InChI is InChI=1S/C14H24N4/c1-10-8-18(9-13(10)17(3)4)14-12(11(2)15)6-5-7-16-14/h5-7,10-11,13H,8-9,15H2,1-4H3/t10?,11-,13?/m1/s1. The van der Waals surface area contributed by atoms with Crippen molar-refractivity contribution >= 4 is 5.82 Å². The van der Waals surface area contributed by atoms with Crippen LogP contribution in [0.5, 0.6) is 0 Å². The van der Waals surface area contributed by atoms with Gasteiger partial charge in [-0.25, -0.2) is 4.98 Å². The normalized spacial score (nSPS) is 25.8. The maximum absolute atomic E-state index is 6.03. The number of nitrogens with two attached hydrogens (primary N) is 1. The number of likely N-dealkylation sites (N-methyl/N-ethyl adjacent to an activating group) is 1. The molecule has 1 saturated heterocycles. The SMILES string of the molecule is CC1CN(c2ncccc2[C@@H](C)N)CC1N(C)C. The van der Waals surface area contributed by atoms with Gasteiger partial charge in [-0.3, -0.25) is 0 Å². The molecule has 4 heteroatoms. The molecular formula is C14H24N4. The second-order valence-electron chi connectivity index (χ2n) is 5.62. The molecule has 2 heterocycles. The van der Waals surface area contributed by atoms with E-state index < -0.39 is 0 Å². The first-order chi connectivity index (χ1) is 8.50. The predicted molar refractivity (Wildman–Crippen MR) is 75.7 cm³/mol. The fourth-order valence-electron chi connectivity index (χ4n) is 2.82. The first-order valence-corrected chi connectivity index (χ1v) is 6.62. The molecule has 0 amide bonds. The zero-order valence-electron chi connectivity index (χ0n) is 11.8. The van der Waals surface area contributed by atoms with Gasteiger partial charge in [0.2, 0.25) is 0 Å². The van der Waals surface area contributed by atoms with Gasteiger partial charge in [-0.05, 0) is 33.0 Å². The lowest BCUT2D eigenvalue weighted by Gasteiger charge is -2.24. The molecule has 0 bridgehead atoms. The molecule has 0 spiro atoms. The van der Waals surface area contributed by atoms with Crippen molar-refractivity contribution in [3.8, 4) is 0 Å². The zero-order valence-corrected chi connectivity index (χ0v) is 11.8. The Labute approximate surface area is 110 Å². The first kappa shape index (κ1) is 13.3. The van der Waals surface area contributed by atoms with Crippen LogP contribution >= 0.6 is 0 Å². The summed E-state index contributed by atoms with van der Waals surface area (Å²) in [5.41, 5.74) is 7.18. The first-order valence-electron chi connectivity index (χ1n) is 6.62. The van der Waals surface area contributed by atoms with Crippen molar-refractivity contribution in [2.75, 3.05) is 32.1 Å². The molecule has 1 aromatic heterocycles. The highest BCUT2D eigenvalue weighted by Gasteiger charge is 2.32. The molecule has 100 valence electrons. The van der Waals surface area contributed by atoms with Gasteiger partial charge in [-0.1, -0.05) is 13.0 Å². The molecule has 2 unspecified atom stereocenters. The van der Waals surface area contributed by atoms with Crippen molar-refractivity contribution in [2.45, 2.75) is 25.9 Å². The molecule has 1 aliphatic rings. The summed E-state index contributed by atoms with van der Waals surface area (Å²) in [5.74, 6) is 1.71. The number of pyridine rings is 1. The fourth-order valence-corrected chi connectivity index (χ4v) is 2.82. The summed E-state index contributed by atoms with van der Waals surface area (Å²) < 4.78 is 0. The second kappa shape index (κ2) is 5.24. The van der Waals surface area contributed by atoms with Crippen molar-refractivity contribution in [3.63, 3.8) is 0 Å². The van der Waals surface area contributed by atoms with E-state index in [-0.39, 0.29) is 6.04 Å². The van der Waals surface area contributed by atoms with Gasteiger partial charge in [0.15, 0.2) is 0 Å². The summed E-state index contributed by atoms with van der Waals surface area (Å²) in [6, 6.07) is 4.67. The third-order valence-corrected chi connectivity index (χ3v) is 3.84. The quantitative estimate of drug-likeness (QED) is 0.880. The van der Waals surface area contributed by atoms with E-state index in [1.165, 1.54) is 0 Å². The van der Waals surface area contributed by atoms with E-state index in [1.807, 2.05) is 19.2 Å². The molecule has 4 nitrogen and oxygen atoms in total. The Balaban J connectivity index is 2.24. The van der Waals surface area contributed by atoms with Crippen LogP contribution in [-0.4, -0.2) is 43.1 Å². The average Bonchev–Trinajstić information content (AvgIpc) is 2.71. The molecule has 1 aromatic rings. The van der Waals surface area contributed by atoms with E-state index >= 15 is 0 Å². The van der Waals surface area contributed by atoms with Gasteiger partial charge in [0, 0.05) is 36.9 Å². The lowest BCUT2D eigenvalue weighted by atomic mass is 10.1.